The number of halogens is 2. The molecule has 0 atom stereocenters. The highest BCUT2D eigenvalue weighted by atomic mass is 35.5. The van der Waals surface area contributed by atoms with E-state index in [4.69, 9.17) is 11.6 Å². The number of benzene rings is 1. The van der Waals surface area contributed by atoms with E-state index in [0.29, 0.717) is 11.6 Å². The molecule has 0 unspecified atom stereocenters. The molecule has 22 heavy (non-hydrogen) atoms. The van der Waals surface area contributed by atoms with Crippen molar-refractivity contribution in [2.24, 2.45) is 5.92 Å². The number of nitrogens with one attached hydrogen (secondary N) is 2. The Balaban J connectivity index is 0.00000242. The van der Waals surface area contributed by atoms with Crippen LogP contribution in [0.5, 0.6) is 0 Å². The first kappa shape index (κ1) is 19.2. The second kappa shape index (κ2) is 10.1. The molecule has 1 saturated heterocycles. The molecule has 2 N–H and O–H groups in total. The molecule has 1 heterocycles. The molecule has 1 amide bonds. The normalized spacial score (nSPS) is 16.1. The standard InChI is InChI=1S/C16H24ClN3O.ClH/c1-18-8-5-13-6-9-20(10-7-13)12-16(21)19-15-4-2-3-14(17)11-15;/h2-4,11,13,18H,5-10,12H2,1H3,(H,19,21);1H. The van der Waals surface area contributed by atoms with E-state index >= 15 is 0 Å². The highest BCUT2D eigenvalue weighted by molar-refractivity contribution is 6.30. The number of piperidine rings is 1. The molecule has 4 nitrogen and oxygen atoms in total. The summed E-state index contributed by atoms with van der Waals surface area (Å²) in [5.41, 5.74) is 0.761. The smallest absolute Gasteiger partial charge is 0.238 e. The Labute approximate surface area is 144 Å². The van der Waals surface area contributed by atoms with Crippen molar-refractivity contribution in [3.8, 4) is 0 Å². The molecule has 1 aromatic carbocycles. The third-order valence-electron chi connectivity index (χ3n) is 3.99. The summed E-state index contributed by atoms with van der Waals surface area (Å²) in [4.78, 5) is 14.3. The lowest BCUT2D eigenvalue weighted by Gasteiger charge is -2.31. The molecule has 1 aromatic rings. The van der Waals surface area contributed by atoms with Crippen LogP contribution in [0.2, 0.25) is 5.02 Å². The van der Waals surface area contributed by atoms with Crippen LogP contribution in [-0.4, -0.2) is 44.0 Å². The predicted molar refractivity (Wildman–Crippen MR) is 95.0 cm³/mol. The SMILES string of the molecule is CNCCC1CCN(CC(=O)Nc2cccc(Cl)c2)CC1.Cl. The van der Waals surface area contributed by atoms with Crippen molar-refractivity contribution in [1.29, 1.82) is 0 Å². The predicted octanol–water partition coefficient (Wildman–Crippen LogP) is 3.02. The van der Waals surface area contributed by atoms with Crippen LogP contribution in [-0.2, 0) is 4.79 Å². The van der Waals surface area contributed by atoms with Gasteiger partial charge in [-0.1, -0.05) is 17.7 Å². The molecule has 1 fully saturated rings. The first-order valence-corrected chi connectivity index (χ1v) is 7.97. The van der Waals surface area contributed by atoms with Gasteiger partial charge in [0.2, 0.25) is 5.91 Å². The fourth-order valence-electron chi connectivity index (χ4n) is 2.75. The molecule has 0 radical (unpaired) electrons. The molecule has 6 heteroatoms. The van der Waals surface area contributed by atoms with E-state index in [1.54, 1.807) is 12.1 Å². The molecule has 2 rings (SSSR count). The minimum absolute atomic E-state index is 0. The third-order valence-corrected chi connectivity index (χ3v) is 4.22. The van der Waals surface area contributed by atoms with Gasteiger partial charge < -0.3 is 10.6 Å². The minimum atomic E-state index is 0. The van der Waals surface area contributed by atoms with E-state index in [1.165, 1.54) is 19.3 Å². The number of hydrogen-bond donors (Lipinski definition) is 2. The van der Waals surface area contributed by atoms with Gasteiger partial charge in [0.25, 0.3) is 0 Å². The maximum absolute atomic E-state index is 12.0. The van der Waals surface area contributed by atoms with Crippen LogP contribution in [0.4, 0.5) is 5.69 Å². The van der Waals surface area contributed by atoms with Gasteiger partial charge in [-0.25, -0.2) is 0 Å². The second-order valence-electron chi connectivity index (χ2n) is 5.67. The number of carbonyl (C=O) groups excluding carboxylic acids is 1. The fourth-order valence-corrected chi connectivity index (χ4v) is 2.94. The van der Waals surface area contributed by atoms with Crippen LogP contribution in [0, 0.1) is 5.92 Å². The lowest BCUT2D eigenvalue weighted by molar-refractivity contribution is -0.117. The highest BCUT2D eigenvalue weighted by Gasteiger charge is 2.20. The molecule has 0 spiro atoms. The summed E-state index contributed by atoms with van der Waals surface area (Å²) in [5.74, 6) is 0.829. The summed E-state index contributed by atoms with van der Waals surface area (Å²) in [5, 5.41) is 6.74. The lowest BCUT2D eigenvalue weighted by Crippen LogP contribution is -2.39. The summed E-state index contributed by atoms with van der Waals surface area (Å²) in [6.07, 6.45) is 3.61. The van der Waals surface area contributed by atoms with Gasteiger partial charge in [-0.3, -0.25) is 9.69 Å². The fraction of sp³-hybridized carbons (Fsp3) is 0.562. The highest BCUT2D eigenvalue weighted by Crippen LogP contribution is 2.20. The van der Waals surface area contributed by atoms with E-state index < -0.39 is 0 Å². The molecule has 0 aromatic heterocycles. The summed E-state index contributed by atoms with van der Waals surface area (Å²) in [6.45, 7) is 3.57. The summed E-state index contributed by atoms with van der Waals surface area (Å²) < 4.78 is 0. The van der Waals surface area contributed by atoms with Crippen LogP contribution in [0.25, 0.3) is 0 Å². The molecular weight excluding hydrogens is 321 g/mol. The van der Waals surface area contributed by atoms with Crippen molar-refractivity contribution < 1.29 is 4.79 Å². The van der Waals surface area contributed by atoms with Crippen LogP contribution >= 0.6 is 24.0 Å². The zero-order valence-corrected chi connectivity index (χ0v) is 14.6. The Kier molecular flexibility index (Phi) is 8.79. The Bertz CT molecular complexity index is 462. The molecule has 0 aliphatic carbocycles. The van der Waals surface area contributed by atoms with E-state index in [2.05, 4.69) is 15.5 Å². The minimum Gasteiger partial charge on any atom is -0.325 e. The number of nitrogens with zero attached hydrogens (tertiary/aromatic N) is 1. The van der Waals surface area contributed by atoms with Gasteiger partial charge in [0.05, 0.1) is 6.54 Å². The van der Waals surface area contributed by atoms with Crippen molar-refractivity contribution in [3.05, 3.63) is 29.3 Å². The molecule has 0 saturated carbocycles. The number of likely N-dealkylation sites (tertiary alicyclic amines) is 1. The maximum atomic E-state index is 12.0. The topological polar surface area (TPSA) is 44.4 Å². The van der Waals surface area contributed by atoms with Gasteiger partial charge in [-0.2, -0.15) is 0 Å². The molecule has 1 aliphatic rings. The average molecular weight is 346 g/mol. The second-order valence-corrected chi connectivity index (χ2v) is 6.11. The van der Waals surface area contributed by atoms with Crippen LogP contribution in [0.3, 0.4) is 0 Å². The van der Waals surface area contributed by atoms with Gasteiger partial charge >= 0.3 is 0 Å². The Hall–Kier alpha value is -0.810. The maximum Gasteiger partial charge on any atom is 0.238 e. The zero-order chi connectivity index (χ0) is 15.1. The summed E-state index contributed by atoms with van der Waals surface area (Å²) in [6, 6.07) is 7.26. The Morgan fingerprint density at radius 3 is 2.73 bits per heavy atom. The number of hydrogen-bond acceptors (Lipinski definition) is 3. The van der Waals surface area contributed by atoms with Gasteiger partial charge in [0.15, 0.2) is 0 Å². The summed E-state index contributed by atoms with van der Waals surface area (Å²) in [7, 11) is 2.00. The van der Waals surface area contributed by atoms with E-state index in [0.717, 1.165) is 31.2 Å². The lowest BCUT2D eigenvalue weighted by atomic mass is 9.93. The Morgan fingerprint density at radius 2 is 2.09 bits per heavy atom. The first-order valence-electron chi connectivity index (χ1n) is 7.60. The van der Waals surface area contributed by atoms with Gasteiger partial charge in [0, 0.05) is 10.7 Å². The number of carbonyl (C=O) groups is 1. The van der Waals surface area contributed by atoms with E-state index in [1.807, 2.05) is 19.2 Å². The Morgan fingerprint density at radius 1 is 1.36 bits per heavy atom. The molecular formula is C16H25Cl2N3O. The van der Waals surface area contributed by atoms with Crippen LogP contribution in [0.1, 0.15) is 19.3 Å². The van der Waals surface area contributed by atoms with E-state index in [-0.39, 0.29) is 18.3 Å². The largest absolute Gasteiger partial charge is 0.325 e. The van der Waals surface area contributed by atoms with Gasteiger partial charge in [-0.15, -0.1) is 12.4 Å². The van der Waals surface area contributed by atoms with Gasteiger partial charge in [-0.05, 0) is 70.1 Å². The van der Waals surface area contributed by atoms with Crippen molar-refractivity contribution in [1.82, 2.24) is 10.2 Å². The van der Waals surface area contributed by atoms with Crippen molar-refractivity contribution in [2.75, 3.05) is 38.5 Å². The number of rotatable bonds is 6. The van der Waals surface area contributed by atoms with Crippen molar-refractivity contribution in [3.63, 3.8) is 0 Å². The first-order chi connectivity index (χ1) is 10.2. The monoisotopic (exact) mass is 345 g/mol. The average Bonchev–Trinajstić information content (AvgIpc) is 2.46. The van der Waals surface area contributed by atoms with Crippen LogP contribution in [0.15, 0.2) is 24.3 Å². The number of amides is 1. The molecule has 1 aliphatic heterocycles. The quantitative estimate of drug-likeness (QED) is 0.832. The van der Waals surface area contributed by atoms with Crippen molar-refractivity contribution in [2.45, 2.75) is 19.3 Å². The van der Waals surface area contributed by atoms with Crippen molar-refractivity contribution >= 4 is 35.6 Å². The third kappa shape index (κ3) is 6.53. The zero-order valence-electron chi connectivity index (χ0n) is 13.0. The molecule has 0 bridgehead atoms. The molecule has 124 valence electrons. The van der Waals surface area contributed by atoms with Gasteiger partial charge in [0.1, 0.15) is 0 Å². The number of anilines is 1. The summed E-state index contributed by atoms with van der Waals surface area (Å²) >= 11 is 5.91. The van der Waals surface area contributed by atoms with Crippen LogP contribution < -0.4 is 10.6 Å². The van der Waals surface area contributed by atoms with E-state index in [9.17, 15) is 4.79 Å².